The highest BCUT2D eigenvalue weighted by molar-refractivity contribution is 6.13. The number of nitrogens with zero attached hydrogens (tertiary/aromatic N) is 8. The topological polar surface area (TPSA) is 135 Å². The van der Waals surface area contributed by atoms with Crippen molar-refractivity contribution in [3.63, 3.8) is 0 Å². The fraction of sp³-hybridized carbons (Fsp3) is 0.361. The fourth-order valence-electron chi connectivity index (χ4n) is 6.23. The molecule has 0 aliphatic carbocycles. The minimum absolute atomic E-state index is 0.265. The molecule has 7 rings (SSSR count). The van der Waals surface area contributed by atoms with E-state index in [1.165, 1.54) is 0 Å². The average molecular weight is 648 g/mol. The number of H-pyrrole nitrogens is 1. The first-order chi connectivity index (χ1) is 23.2. The van der Waals surface area contributed by atoms with Crippen LogP contribution >= 0.6 is 0 Å². The second-order valence-electron chi connectivity index (χ2n) is 12.7. The van der Waals surface area contributed by atoms with Crippen LogP contribution in [0, 0.1) is 13.8 Å². The molecule has 48 heavy (non-hydrogen) atoms. The van der Waals surface area contributed by atoms with Gasteiger partial charge in [-0.1, -0.05) is 24.3 Å². The number of nitrogen functional groups attached to an aromatic ring is 1. The highest BCUT2D eigenvalue weighted by Crippen LogP contribution is 2.33. The average Bonchev–Trinajstić information content (AvgIpc) is 3.53. The normalized spacial score (nSPS) is 16.0. The van der Waals surface area contributed by atoms with Crippen molar-refractivity contribution in [2.75, 3.05) is 82.4 Å². The Labute approximate surface area is 282 Å². The predicted molar refractivity (Wildman–Crippen MR) is 192 cm³/mol. The molecule has 2 fully saturated rings. The first-order valence-electron chi connectivity index (χ1n) is 16.5. The van der Waals surface area contributed by atoms with Gasteiger partial charge in [-0.05, 0) is 62.8 Å². The zero-order chi connectivity index (χ0) is 33.6. The molecule has 250 valence electrons. The highest BCUT2D eigenvalue weighted by Gasteiger charge is 2.20. The number of likely N-dealkylation sites (N-methyl/N-ethyl adjacent to an activating group) is 2. The SMILES string of the molecule is CN1CCN(c2ccc(N)cn2)CC1.Cc1cccc(C)c1-c1ccc(C(=O)Nc2ncc(CN3CCN(C)CC3)[nH]2)c2nccnc12. The number of imidazole rings is 1. The minimum atomic E-state index is -0.265. The van der Waals surface area contributed by atoms with Gasteiger partial charge in [-0.2, -0.15) is 0 Å². The predicted octanol–water partition coefficient (Wildman–Crippen LogP) is 4.05. The van der Waals surface area contributed by atoms with Crippen LogP contribution in [0.4, 0.5) is 17.5 Å². The third kappa shape index (κ3) is 7.79. The number of fused-ring (bicyclic) bond motifs is 1. The molecule has 2 aliphatic heterocycles. The maximum Gasteiger partial charge on any atom is 0.260 e. The van der Waals surface area contributed by atoms with Crippen LogP contribution < -0.4 is 16.0 Å². The third-order valence-electron chi connectivity index (χ3n) is 9.07. The first-order valence-corrected chi connectivity index (χ1v) is 16.5. The summed E-state index contributed by atoms with van der Waals surface area (Å²) in [7, 11) is 4.29. The van der Waals surface area contributed by atoms with E-state index in [1.807, 2.05) is 30.3 Å². The summed E-state index contributed by atoms with van der Waals surface area (Å²) >= 11 is 0. The van der Waals surface area contributed by atoms with Crippen molar-refractivity contribution < 1.29 is 4.79 Å². The summed E-state index contributed by atoms with van der Waals surface area (Å²) in [5.74, 6) is 1.20. The molecule has 0 bridgehead atoms. The Balaban J connectivity index is 0.000000239. The Morgan fingerprint density at radius 2 is 1.46 bits per heavy atom. The molecular weight excluding hydrogens is 602 g/mol. The van der Waals surface area contributed by atoms with Gasteiger partial charge in [0.15, 0.2) is 0 Å². The molecule has 2 aromatic carbocycles. The summed E-state index contributed by atoms with van der Waals surface area (Å²) in [6.45, 7) is 13.4. The molecule has 5 heterocycles. The van der Waals surface area contributed by atoms with Crippen LogP contribution in [0.15, 0.2) is 67.3 Å². The smallest absolute Gasteiger partial charge is 0.260 e. The number of pyridine rings is 1. The Kier molecular flexibility index (Phi) is 10.2. The van der Waals surface area contributed by atoms with Gasteiger partial charge in [0.05, 0.1) is 34.9 Å². The van der Waals surface area contributed by atoms with Crippen LogP contribution in [0.2, 0.25) is 0 Å². The number of hydrogen-bond acceptors (Lipinski definition) is 10. The van der Waals surface area contributed by atoms with E-state index in [2.05, 4.69) is 89.9 Å². The lowest BCUT2D eigenvalue weighted by molar-refractivity contribution is 0.102. The summed E-state index contributed by atoms with van der Waals surface area (Å²) in [5, 5.41) is 2.90. The molecule has 0 atom stereocenters. The second kappa shape index (κ2) is 14.9. The van der Waals surface area contributed by atoms with E-state index >= 15 is 0 Å². The van der Waals surface area contributed by atoms with Crippen molar-refractivity contribution in [2.45, 2.75) is 20.4 Å². The molecule has 4 N–H and O–H groups in total. The number of aromatic nitrogens is 5. The quantitative estimate of drug-likeness (QED) is 0.248. The summed E-state index contributed by atoms with van der Waals surface area (Å²) in [6, 6.07) is 13.9. The van der Waals surface area contributed by atoms with Gasteiger partial charge in [0.2, 0.25) is 5.95 Å². The van der Waals surface area contributed by atoms with E-state index in [0.29, 0.717) is 22.5 Å². The van der Waals surface area contributed by atoms with E-state index in [-0.39, 0.29) is 5.91 Å². The molecule has 2 saturated heterocycles. The Bertz CT molecular complexity index is 1820. The number of nitrogens with one attached hydrogen (secondary N) is 2. The molecule has 0 unspecified atom stereocenters. The van der Waals surface area contributed by atoms with Gasteiger partial charge in [-0.15, -0.1) is 0 Å². The highest BCUT2D eigenvalue weighted by atomic mass is 16.1. The fourth-order valence-corrected chi connectivity index (χ4v) is 6.23. The molecule has 0 radical (unpaired) electrons. The number of rotatable bonds is 6. The van der Waals surface area contributed by atoms with Crippen molar-refractivity contribution >= 4 is 34.4 Å². The van der Waals surface area contributed by atoms with E-state index in [4.69, 9.17) is 5.73 Å². The first kappa shape index (κ1) is 33.0. The van der Waals surface area contributed by atoms with Gasteiger partial charge in [-0.3, -0.25) is 25.0 Å². The van der Waals surface area contributed by atoms with Gasteiger partial charge in [0.25, 0.3) is 5.91 Å². The summed E-state index contributed by atoms with van der Waals surface area (Å²) in [4.78, 5) is 43.5. The van der Waals surface area contributed by atoms with E-state index in [0.717, 1.165) is 98.4 Å². The van der Waals surface area contributed by atoms with E-state index < -0.39 is 0 Å². The van der Waals surface area contributed by atoms with Gasteiger partial charge >= 0.3 is 0 Å². The molecule has 0 saturated carbocycles. The summed E-state index contributed by atoms with van der Waals surface area (Å²) in [6.07, 6.45) is 6.79. The van der Waals surface area contributed by atoms with Crippen molar-refractivity contribution in [2.24, 2.45) is 0 Å². The third-order valence-corrected chi connectivity index (χ3v) is 9.07. The number of aromatic amines is 1. The van der Waals surface area contributed by atoms with Crippen LogP contribution in [0.5, 0.6) is 0 Å². The maximum atomic E-state index is 13.2. The number of benzene rings is 2. The minimum Gasteiger partial charge on any atom is -0.397 e. The lowest BCUT2D eigenvalue weighted by Crippen LogP contribution is -2.44. The van der Waals surface area contributed by atoms with Crippen molar-refractivity contribution in [3.8, 4) is 11.1 Å². The number of nitrogens with two attached hydrogens (primary N) is 1. The second-order valence-corrected chi connectivity index (χ2v) is 12.7. The van der Waals surface area contributed by atoms with Gasteiger partial charge in [-0.25, -0.2) is 9.97 Å². The molecule has 5 aromatic rings. The van der Waals surface area contributed by atoms with Crippen LogP contribution in [0.1, 0.15) is 27.2 Å². The zero-order valence-electron chi connectivity index (χ0n) is 28.3. The summed E-state index contributed by atoms with van der Waals surface area (Å²) < 4.78 is 0. The number of anilines is 3. The van der Waals surface area contributed by atoms with Crippen LogP contribution in [0.25, 0.3) is 22.2 Å². The Morgan fingerprint density at radius 3 is 2.12 bits per heavy atom. The van der Waals surface area contributed by atoms with Crippen molar-refractivity contribution in [1.29, 1.82) is 0 Å². The standard InChI is InChI=1S/C26H29N7O.C10H16N4/c1-17-5-4-6-18(2)22(17)20-7-8-21(24-23(20)27-9-10-28-24)25(34)31-26-29-15-19(30-26)16-33-13-11-32(3)12-14-33;1-13-4-6-14(7-5-13)10-3-2-9(11)8-12-10/h4-10,15H,11-14,16H2,1-3H3,(H2,29,30,31,34);2-3,8H,4-7,11H2,1H3. The van der Waals surface area contributed by atoms with Gasteiger partial charge < -0.3 is 25.4 Å². The monoisotopic (exact) mass is 647 g/mol. The van der Waals surface area contributed by atoms with Crippen LogP contribution in [-0.4, -0.2) is 112 Å². The van der Waals surface area contributed by atoms with Crippen molar-refractivity contribution in [3.05, 3.63) is 89.6 Å². The number of carbonyl (C=O) groups is 1. The molecule has 3 aromatic heterocycles. The molecule has 12 nitrogen and oxygen atoms in total. The largest absolute Gasteiger partial charge is 0.397 e. The van der Waals surface area contributed by atoms with Gasteiger partial charge in [0.1, 0.15) is 11.3 Å². The van der Waals surface area contributed by atoms with Gasteiger partial charge in [0, 0.05) is 76.9 Å². The van der Waals surface area contributed by atoms with Crippen molar-refractivity contribution in [1.82, 2.24) is 39.6 Å². The van der Waals surface area contributed by atoms with E-state index in [1.54, 1.807) is 24.8 Å². The molecule has 0 spiro atoms. The number of hydrogen-bond donors (Lipinski definition) is 3. The molecule has 2 aliphatic rings. The molecule has 1 amide bonds. The van der Waals surface area contributed by atoms with Crippen LogP contribution in [0.3, 0.4) is 0 Å². The maximum absolute atomic E-state index is 13.2. The Morgan fingerprint density at radius 1 is 0.792 bits per heavy atom. The lowest BCUT2D eigenvalue weighted by atomic mass is 9.93. The molecule has 12 heteroatoms. The number of aryl methyl sites for hydroxylation is 2. The van der Waals surface area contributed by atoms with E-state index in [9.17, 15) is 4.79 Å². The number of amides is 1. The van der Waals surface area contributed by atoms with Crippen LogP contribution in [-0.2, 0) is 6.54 Å². The Hall–Kier alpha value is -4.91. The summed E-state index contributed by atoms with van der Waals surface area (Å²) in [5.41, 5.74) is 13.5. The number of piperazine rings is 2. The number of carbonyl (C=O) groups excluding carboxylic acids is 1. The lowest BCUT2D eigenvalue weighted by Gasteiger charge is -2.33. The molecular formula is C36H45N11O. The zero-order valence-corrected chi connectivity index (χ0v) is 28.3.